The van der Waals surface area contributed by atoms with Crippen LogP contribution in [0.25, 0.3) is 16.7 Å². The first-order valence-corrected chi connectivity index (χ1v) is 9.90. The SMILES string of the molecule is CC(C)Cc1cn2c(=O)n(Cc3ccc(Cl)cc3)c3cc(Br)cnc3c2n1. The van der Waals surface area contributed by atoms with Crippen LogP contribution in [0.3, 0.4) is 0 Å². The van der Waals surface area contributed by atoms with Crippen molar-refractivity contribution >= 4 is 44.2 Å². The maximum atomic E-state index is 13.2. The number of benzene rings is 1. The lowest BCUT2D eigenvalue weighted by Gasteiger charge is -2.11. The number of imidazole rings is 1. The molecule has 27 heavy (non-hydrogen) atoms. The lowest BCUT2D eigenvalue weighted by atomic mass is 10.1. The maximum Gasteiger partial charge on any atom is 0.334 e. The fourth-order valence-corrected chi connectivity index (χ4v) is 3.67. The minimum Gasteiger partial charge on any atom is -0.287 e. The van der Waals surface area contributed by atoms with E-state index in [1.54, 1.807) is 15.2 Å². The van der Waals surface area contributed by atoms with Crippen molar-refractivity contribution in [1.29, 1.82) is 0 Å². The Morgan fingerprint density at radius 2 is 1.96 bits per heavy atom. The standard InChI is InChI=1S/C20H18BrClN4O/c1-12(2)7-16-11-26-19(24-16)18-17(8-14(21)9-23-18)25(20(26)27)10-13-3-5-15(22)6-4-13/h3-6,8-9,11-12H,7,10H2,1-2H3. The van der Waals surface area contributed by atoms with Crippen molar-refractivity contribution < 1.29 is 0 Å². The number of rotatable bonds is 4. The van der Waals surface area contributed by atoms with Crippen molar-refractivity contribution in [3.8, 4) is 0 Å². The molecule has 0 saturated carbocycles. The van der Waals surface area contributed by atoms with Crippen LogP contribution in [0.5, 0.6) is 0 Å². The number of hydrogen-bond donors (Lipinski definition) is 0. The minimum absolute atomic E-state index is 0.130. The van der Waals surface area contributed by atoms with E-state index in [-0.39, 0.29) is 5.69 Å². The summed E-state index contributed by atoms with van der Waals surface area (Å²) in [7, 11) is 0. The third-order valence-electron chi connectivity index (χ3n) is 4.40. The molecule has 0 saturated heterocycles. The molecule has 3 heterocycles. The second-order valence-corrected chi connectivity index (χ2v) is 8.39. The van der Waals surface area contributed by atoms with Crippen LogP contribution in [0.15, 0.2) is 52.0 Å². The molecule has 5 nitrogen and oxygen atoms in total. The molecule has 0 unspecified atom stereocenters. The molecular formula is C20H18BrClN4O. The zero-order valence-corrected chi connectivity index (χ0v) is 17.3. The van der Waals surface area contributed by atoms with Crippen molar-refractivity contribution in [3.05, 3.63) is 74.0 Å². The molecule has 0 amide bonds. The van der Waals surface area contributed by atoms with Crippen molar-refractivity contribution in [1.82, 2.24) is 18.9 Å². The van der Waals surface area contributed by atoms with Gasteiger partial charge in [0.15, 0.2) is 5.65 Å². The molecule has 1 aromatic carbocycles. The second-order valence-electron chi connectivity index (χ2n) is 7.04. The van der Waals surface area contributed by atoms with Gasteiger partial charge in [-0.15, -0.1) is 0 Å². The number of halogens is 2. The van der Waals surface area contributed by atoms with E-state index in [2.05, 4.69) is 39.7 Å². The molecule has 0 radical (unpaired) electrons. The third-order valence-corrected chi connectivity index (χ3v) is 5.09. The van der Waals surface area contributed by atoms with Gasteiger partial charge in [-0.1, -0.05) is 37.6 Å². The van der Waals surface area contributed by atoms with E-state index >= 15 is 0 Å². The molecule has 4 aromatic rings. The highest BCUT2D eigenvalue weighted by Gasteiger charge is 2.16. The van der Waals surface area contributed by atoms with Gasteiger partial charge in [0.05, 0.1) is 17.8 Å². The highest BCUT2D eigenvalue weighted by Crippen LogP contribution is 2.22. The summed E-state index contributed by atoms with van der Waals surface area (Å²) in [5.41, 5.74) is 3.82. The summed E-state index contributed by atoms with van der Waals surface area (Å²) in [5.74, 6) is 0.458. The Labute approximate surface area is 169 Å². The van der Waals surface area contributed by atoms with E-state index in [1.165, 1.54) is 0 Å². The van der Waals surface area contributed by atoms with E-state index < -0.39 is 0 Å². The summed E-state index contributed by atoms with van der Waals surface area (Å²) in [4.78, 5) is 22.5. The summed E-state index contributed by atoms with van der Waals surface area (Å²) in [6.07, 6.45) is 4.38. The topological polar surface area (TPSA) is 52.2 Å². The normalized spacial score (nSPS) is 11.7. The van der Waals surface area contributed by atoms with E-state index in [4.69, 9.17) is 11.6 Å². The van der Waals surface area contributed by atoms with Gasteiger partial charge in [0.2, 0.25) is 0 Å². The quantitative estimate of drug-likeness (QED) is 0.457. The molecule has 0 bridgehead atoms. The van der Waals surface area contributed by atoms with Gasteiger partial charge in [-0.05, 0) is 52.0 Å². The number of fused-ring (bicyclic) bond motifs is 3. The van der Waals surface area contributed by atoms with Crippen LogP contribution in [0.4, 0.5) is 0 Å². The first-order chi connectivity index (χ1) is 12.9. The Morgan fingerprint density at radius 3 is 2.67 bits per heavy atom. The van der Waals surface area contributed by atoms with Crippen LogP contribution in [0.1, 0.15) is 25.1 Å². The highest BCUT2D eigenvalue weighted by molar-refractivity contribution is 9.10. The van der Waals surface area contributed by atoms with Crippen LogP contribution in [-0.2, 0) is 13.0 Å². The maximum absolute atomic E-state index is 13.2. The van der Waals surface area contributed by atoms with Crippen LogP contribution in [0.2, 0.25) is 5.02 Å². The molecule has 0 spiro atoms. The number of nitrogens with zero attached hydrogens (tertiary/aromatic N) is 4. The van der Waals surface area contributed by atoms with Gasteiger partial charge in [-0.2, -0.15) is 0 Å². The van der Waals surface area contributed by atoms with Crippen molar-refractivity contribution in [2.45, 2.75) is 26.8 Å². The molecular weight excluding hydrogens is 428 g/mol. The first-order valence-electron chi connectivity index (χ1n) is 8.73. The number of pyridine rings is 1. The Bertz CT molecular complexity index is 1190. The molecule has 0 aliphatic rings. The molecule has 0 N–H and O–H groups in total. The van der Waals surface area contributed by atoms with E-state index in [9.17, 15) is 4.79 Å². The molecule has 7 heteroatoms. The second kappa shape index (κ2) is 7.09. The highest BCUT2D eigenvalue weighted by atomic mass is 79.9. The lowest BCUT2D eigenvalue weighted by molar-refractivity contribution is 0.637. The molecule has 0 aliphatic heterocycles. The van der Waals surface area contributed by atoms with Gasteiger partial charge in [-0.25, -0.2) is 19.2 Å². The largest absolute Gasteiger partial charge is 0.334 e. The van der Waals surface area contributed by atoms with E-state index in [1.807, 2.05) is 36.5 Å². The van der Waals surface area contributed by atoms with E-state index in [0.29, 0.717) is 28.6 Å². The third kappa shape index (κ3) is 3.51. The summed E-state index contributed by atoms with van der Waals surface area (Å²) >= 11 is 9.45. The minimum atomic E-state index is -0.130. The van der Waals surface area contributed by atoms with Gasteiger partial charge in [-0.3, -0.25) is 4.57 Å². The number of hydrogen-bond acceptors (Lipinski definition) is 3. The predicted octanol–water partition coefficient (Wildman–Crippen LogP) is 4.71. The lowest BCUT2D eigenvalue weighted by Crippen LogP contribution is -2.27. The zero-order valence-electron chi connectivity index (χ0n) is 15.0. The van der Waals surface area contributed by atoms with Gasteiger partial charge < -0.3 is 0 Å². The average Bonchev–Trinajstić information content (AvgIpc) is 3.03. The molecule has 0 aliphatic carbocycles. The van der Waals surface area contributed by atoms with E-state index in [0.717, 1.165) is 27.7 Å². The fourth-order valence-electron chi connectivity index (χ4n) is 3.22. The molecule has 0 atom stereocenters. The molecule has 0 fully saturated rings. The summed E-state index contributed by atoms with van der Waals surface area (Å²) in [6.45, 7) is 4.70. The zero-order chi connectivity index (χ0) is 19.1. The summed E-state index contributed by atoms with van der Waals surface area (Å²) < 4.78 is 4.15. The molecule has 138 valence electrons. The van der Waals surface area contributed by atoms with Crippen LogP contribution in [0, 0.1) is 5.92 Å². The van der Waals surface area contributed by atoms with Crippen LogP contribution < -0.4 is 5.69 Å². The Balaban J connectivity index is 1.97. The fraction of sp³-hybridized carbons (Fsp3) is 0.250. The van der Waals surface area contributed by atoms with Gasteiger partial charge >= 0.3 is 5.69 Å². The predicted molar refractivity (Wildman–Crippen MR) is 112 cm³/mol. The summed E-state index contributed by atoms with van der Waals surface area (Å²) in [6, 6.07) is 9.42. The Morgan fingerprint density at radius 1 is 1.22 bits per heavy atom. The smallest absolute Gasteiger partial charge is 0.287 e. The molecule has 3 aromatic heterocycles. The number of aromatic nitrogens is 4. The Kier molecular flexibility index (Phi) is 4.78. The van der Waals surface area contributed by atoms with Crippen molar-refractivity contribution in [2.24, 2.45) is 5.92 Å². The summed E-state index contributed by atoms with van der Waals surface area (Å²) in [5, 5.41) is 0.670. The monoisotopic (exact) mass is 444 g/mol. The van der Waals surface area contributed by atoms with Gasteiger partial charge in [0.25, 0.3) is 0 Å². The average molecular weight is 446 g/mol. The van der Waals surface area contributed by atoms with Crippen LogP contribution >= 0.6 is 27.5 Å². The first kappa shape index (κ1) is 18.2. The van der Waals surface area contributed by atoms with Crippen molar-refractivity contribution in [2.75, 3.05) is 0 Å². The molecule has 4 rings (SSSR count). The van der Waals surface area contributed by atoms with Gasteiger partial charge in [0.1, 0.15) is 5.52 Å². The van der Waals surface area contributed by atoms with Gasteiger partial charge in [0, 0.05) is 21.9 Å². The Hall–Kier alpha value is -2.18. The van der Waals surface area contributed by atoms with Crippen LogP contribution in [-0.4, -0.2) is 18.9 Å². The van der Waals surface area contributed by atoms with Crippen molar-refractivity contribution in [3.63, 3.8) is 0 Å².